The standard InChI is InChI=1S/C19H21N3O7/c1-11(2)17(21-18(24)15-5-4-8-28-15)19(25)29-10-16(23)20-13-7-6-12(3)9-14(13)22(26)27/h4-9,11,17H,10H2,1-3H3,(H,20,23)(H,21,24)/t17-/m0/s1. The first-order valence-electron chi connectivity index (χ1n) is 8.75. The van der Waals surface area contributed by atoms with Crippen LogP contribution in [0.2, 0.25) is 0 Å². The van der Waals surface area contributed by atoms with E-state index in [-0.39, 0.29) is 23.1 Å². The van der Waals surface area contributed by atoms with Crippen molar-refractivity contribution in [3.8, 4) is 0 Å². The minimum absolute atomic E-state index is 0.00631. The first-order chi connectivity index (χ1) is 13.7. The molecule has 0 spiro atoms. The Morgan fingerprint density at radius 2 is 1.97 bits per heavy atom. The third-order valence-corrected chi connectivity index (χ3v) is 3.92. The highest BCUT2D eigenvalue weighted by Gasteiger charge is 2.27. The number of rotatable bonds is 8. The number of aryl methyl sites for hydroxylation is 1. The molecule has 1 aromatic carbocycles. The average molecular weight is 403 g/mol. The molecule has 0 aliphatic rings. The fourth-order valence-electron chi connectivity index (χ4n) is 2.43. The number of ether oxygens (including phenoxy) is 1. The van der Waals surface area contributed by atoms with Crippen molar-refractivity contribution in [2.24, 2.45) is 5.92 Å². The van der Waals surface area contributed by atoms with Gasteiger partial charge in [-0.3, -0.25) is 19.7 Å². The number of carbonyl (C=O) groups excluding carboxylic acids is 3. The largest absolute Gasteiger partial charge is 0.459 e. The Morgan fingerprint density at radius 3 is 2.55 bits per heavy atom. The number of hydrogen-bond acceptors (Lipinski definition) is 7. The van der Waals surface area contributed by atoms with Gasteiger partial charge in [-0.25, -0.2) is 4.79 Å². The summed E-state index contributed by atoms with van der Waals surface area (Å²) in [5.74, 6) is -2.43. The van der Waals surface area contributed by atoms with Gasteiger partial charge in [0.1, 0.15) is 11.7 Å². The van der Waals surface area contributed by atoms with Gasteiger partial charge in [0, 0.05) is 6.07 Å². The molecule has 2 amide bonds. The van der Waals surface area contributed by atoms with Crippen LogP contribution in [0.4, 0.5) is 11.4 Å². The summed E-state index contributed by atoms with van der Waals surface area (Å²) in [6, 6.07) is 6.29. The summed E-state index contributed by atoms with van der Waals surface area (Å²) in [4.78, 5) is 46.9. The van der Waals surface area contributed by atoms with Gasteiger partial charge in [0.25, 0.3) is 17.5 Å². The molecular weight excluding hydrogens is 382 g/mol. The molecule has 2 N–H and O–H groups in total. The van der Waals surface area contributed by atoms with Crippen LogP contribution in [0.15, 0.2) is 41.0 Å². The number of amides is 2. The number of hydrogen-bond donors (Lipinski definition) is 2. The summed E-state index contributed by atoms with van der Waals surface area (Å²) in [7, 11) is 0. The van der Waals surface area contributed by atoms with Crippen molar-refractivity contribution < 1.29 is 28.5 Å². The number of nitrogens with one attached hydrogen (secondary N) is 2. The minimum atomic E-state index is -1.01. The molecule has 10 heteroatoms. The van der Waals surface area contributed by atoms with Crippen LogP contribution in [-0.4, -0.2) is 35.4 Å². The van der Waals surface area contributed by atoms with E-state index in [9.17, 15) is 24.5 Å². The Balaban J connectivity index is 1.96. The van der Waals surface area contributed by atoms with Crippen LogP contribution in [-0.2, 0) is 14.3 Å². The van der Waals surface area contributed by atoms with E-state index in [0.717, 1.165) is 0 Å². The second-order valence-corrected chi connectivity index (χ2v) is 6.61. The molecule has 29 heavy (non-hydrogen) atoms. The van der Waals surface area contributed by atoms with Gasteiger partial charge in [-0.1, -0.05) is 19.9 Å². The number of carbonyl (C=O) groups is 3. The number of furan rings is 1. The second-order valence-electron chi connectivity index (χ2n) is 6.61. The summed E-state index contributed by atoms with van der Waals surface area (Å²) in [5, 5.41) is 15.9. The first-order valence-corrected chi connectivity index (χ1v) is 8.75. The third kappa shape index (κ3) is 5.89. The monoisotopic (exact) mass is 403 g/mol. The Hall–Kier alpha value is -3.69. The number of esters is 1. The normalized spacial score (nSPS) is 11.6. The number of nitrogens with zero attached hydrogens (tertiary/aromatic N) is 1. The van der Waals surface area contributed by atoms with E-state index in [4.69, 9.17) is 9.15 Å². The zero-order chi connectivity index (χ0) is 21.6. The highest BCUT2D eigenvalue weighted by atomic mass is 16.6. The molecule has 1 atom stereocenters. The maximum absolute atomic E-state index is 12.3. The smallest absolute Gasteiger partial charge is 0.329 e. The molecule has 0 saturated carbocycles. The first kappa shape index (κ1) is 21.6. The van der Waals surface area contributed by atoms with E-state index in [0.29, 0.717) is 5.56 Å². The molecule has 0 saturated heterocycles. The van der Waals surface area contributed by atoms with E-state index in [1.165, 1.54) is 30.5 Å². The lowest BCUT2D eigenvalue weighted by atomic mass is 10.0. The lowest BCUT2D eigenvalue weighted by Crippen LogP contribution is -2.45. The number of anilines is 1. The van der Waals surface area contributed by atoms with Crippen LogP contribution in [0.1, 0.15) is 30.0 Å². The molecule has 0 bridgehead atoms. The molecule has 10 nitrogen and oxygen atoms in total. The Kier molecular flexibility index (Phi) is 7.07. The van der Waals surface area contributed by atoms with Gasteiger partial charge >= 0.3 is 5.97 Å². The maximum Gasteiger partial charge on any atom is 0.329 e. The fraction of sp³-hybridized carbons (Fsp3) is 0.316. The van der Waals surface area contributed by atoms with Gasteiger partial charge in [0.15, 0.2) is 12.4 Å². The van der Waals surface area contributed by atoms with Crippen LogP contribution in [0.3, 0.4) is 0 Å². The molecule has 1 aromatic heterocycles. The Labute approximate surface area is 166 Å². The Bertz CT molecular complexity index is 907. The summed E-state index contributed by atoms with van der Waals surface area (Å²) in [5.41, 5.74) is 0.386. The number of nitro groups is 1. The van der Waals surface area contributed by atoms with Crippen LogP contribution < -0.4 is 10.6 Å². The van der Waals surface area contributed by atoms with Gasteiger partial charge < -0.3 is 19.8 Å². The highest BCUT2D eigenvalue weighted by Crippen LogP contribution is 2.25. The number of nitro benzene ring substituents is 1. The van der Waals surface area contributed by atoms with Crippen molar-refractivity contribution in [1.82, 2.24) is 5.32 Å². The van der Waals surface area contributed by atoms with E-state index in [2.05, 4.69) is 10.6 Å². The van der Waals surface area contributed by atoms with Crippen molar-refractivity contribution in [2.75, 3.05) is 11.9 Å². The van der Waals surface area contributed by atoms with Gasteiger partial charge in [-0.15, -0.1) is 0 Å². The predicted molar refractivity (Wildman–Crippen MR) is 102 cm³/mol. The van der Waals surface area contributed by atoms with Crippen molar-refractivity contribution >= 4 is 29.2 Å². The fourth-order valence-corrected chi connectivity index (χ4v) is 2.43. The molecule has 0 aliphatic carbocycles. The highest BCUT2D eigenvalue weighted by molar-refractivity contribution is 5.96. The van der Waals surface area contributed by atoms with Gasteiger partial charge in [-0.05, 0) is 36.6 Å². The molecule has 0 radical (unpaired) electrons. The van der Waals surface area contributed by atoms with E-state index < -0.39 is 35.4 Å². The quantitative estimate of drug-likeness (QED) is 0.392. The number of benzene rings is 1. The van der Waals surface area contributed by atoms with E-state index >= 15 is 0 Å². The molecule has 0 fully saturated rings. The SMILES string of the molecule is Cc1ccc(NC(=O)COC(=O)[C@@H](NC(=O)c2ccco2)C(C)C)c([N+](=O)[O-])c1. The summed E-state index contributed by atoms with van der Waals surface area (Å²) in [6.07, 6.45) is 1.33. The van der Waals surface area contributed by atoms with Gasteiger partial charge in [-0.2, -0.15) is 0 Å². The van der Waals surface area contributed by atoms with Crippen LogP contribution in [0, 0.1) is 23.0 Å². The third-order valence-electron chi connectivity index (χ3n) is 3.92. The molecule has 154 valence electrons. The lowest BCUT2D eigenvalue weighted by Gasteiger charge is -2.20. The molecule has 2 rings (SSSR count). The molecule has 0 aliphatic heterocycles. The Morgan fingerprint density at radius 1 is 1.24 bits per heavy atom. The zero-order valence-corrected chi connectivity index (χ0v) is 16.1. The second kappa shape index (κ2) is 9.49. The topological polar surface area (TPSA) is 141 Å². The van der Waals surface area contributed by atoms with Gasteiger partial charge in [0.05, 0.1) is 11.2 Å². The molecule has 2 aromatic rings. The average Bonchev–Trinajstić information content (AvgIpc) is 3.20. The van der Waals surface area contributed by atoms with Crippen molar-refractivity contribution in [3.05, 3.63) is 58.0 Å². The van der Waals surface area contributed by atoms with E-state index in [1.807, 2.05) is 0 Å². The molecular formula is C19H21N3O7. The van der Waals surface area contributed by atoms with Crippen molar-refractivity contribution in [1.29, 1.82) is 0 Å². The molecule has 0 unspecified atom stereocenters. The zero-order valence-electron chi connectivity index (χ0n) is 16.1. The summed E-state index contributed by atoms with van der Waals surface area (Å²) in [6.45, 7) is 4.42. The van der Waals surface area contributed by atoms with Crippen LogP contribution in [0.5, 0.6) is 0 Å². The summed E-state index contributed by atoms with van der Waals surface area (Å²) >= 11 is 0. The van der Waals surface area contributed by atoms with Crippen molar-refractivity contribution in [3.63, 3.8) is 0 Å². The molecule has 1 heterocycles. The van der Waals surface area contributed by atoms with Crippen LogP contribution in [0.25, 0.3) is 0 Å². The van der Waals surface area contributed by atoms with E-state index in [1.54, 1.807) is 26.8 Å². The lowest BCUT2D eigenvalue weighted by molar-refractivity contribution is -0.384. The predicted octanol–water partition coefficient (Wildman–Crippen LogP) is 2.43. The van der Waals surface area contributed by atoms with Crippen molar-refractivity contribution in [2.45, 2.75) is 26.8 Å². The maximum atomic E-state index is 12.3. The summed E-state index contributed by atoms with van der Waals surface area (Å²) < 4.78 is 9.95. The van der Waals surface area contributed by atoms with Crippen LogP contribution >= 0.6 is 0 Å². The van der Waals surface area contributed by atoms with Gasteiger partial charge in [0.2, 0.25) is 0 Å². The minimum Gasteiger partial charge on any atom is -0.459 e.